The summed E-state index contributed by atoms with van der Waals surface area (Å²) < 4.78 is 0. The minimum atomic E-state index is 0. The van der Waals surface area contributed by atoms with Gasteiger partial charge >= 0.3 is 0 Å². The first-order valence-electron chi connectivity index (χ1n) is 4.28. The van der Waals surface area contributed by atoms with Gasteiger partial charge in [-0.15, -0.1) is 0 Å². The molecule has 2 rings (SSSR count). The van der Waals surface area contributed by atoms with E-state index in [0.717, 1.165) is 11.8 Å². The first-order valence-corrected chi connectivity index (χ1v) is 4.28. The monoisotopic (exact) mass is 307 g/mol. The average molecular weight is 307 g/mol. The Bertz CT molecular complexity index is 88.9. The van der Waals surface area contributed by atoms with E-state index in [9.17, 15) is 0 Å². The number of hydrogen-bond donors (Lipinski definition) is 0. The van der Waals surface area contributed by atoms with Crippen molar-refractivity contribution in [3.05, 3.63) is 6.42 Å². The Balaban J connectivity index is 0.000000500. The van der Waals surface area contributed by atoms with Gasteiger partial charge < -0.3 is 6.42 Å². The summed E-state index contributed by atoms with van der Waals surface area (Å²) in [5.74, 6) is 2.24. The Kier molecular flexibility index (Phi) is 3.43. The standard InChI is InChI=1S/C9H15.W/c1-2-5-9-7-3-6-8(9)4-1;/h1,8-9H,2-7H2;/q-1;. The van der Waals surface area contributed by atoms with Crippen LogP contribution in [0.1, 0.15) is 38.5 Å². The van der Waals surface area contributed by atoms with E-state index in [2.05, 4.69) is 6.42 Å². The van der Waals surface area contributed by atoms with Gasteiger partial charge in [0.05, 0.1) is 0 Å². The van der Waals surface area contributed by atoms with Gasteiger partial charge in [0, 0.05) is 21.1 Å². The number of hydrogen-bond acceptors (Lipinski definition) is 0. The molecule has 0 nitrogen and oxygen atoms in total. The zero-order valence-corrected chi connectivity index (χ0v) is 9.32. The quantitative estimate of drug-likeness (QED) is 0.604. The van der Waals surface area contributed by atoms with Crippen LogP contribution in [0.2, 0.25) is 0 Å². The normalized spacial score (nSPS) is 38.4. The van der Waals surface area contributed by atoms with Crippen LogP contribution in [0.5, 0.6) is 0 Å². The molecule has 0 bridgehead atoms. The second-order valence-electron chi connectivity index (χ2n) is 3.55. The largest absolute Gasteiger partial charge is 0.328 e. The van der Waals surface area contributed by atoms with E-state index < -0.39 is 0 Å². The average Bonchev–Trinajstić information content (AvgIpc) is 2.33. The summed E-state index contributed by atoms with van der Waals surface area (Å²) in [6.45, 7) is 0. The van der Waals surface area contributed by atoms with Crippen molar-refractivity contribution in [1.29, 1.82) is 0 Å². The topological polar surface area (TPSA) is 0 Å². The summed E-state index contributed by atoms with van der Waals surface area (Å²) in [5.41, 5.74) is 0. The summed E-state index contributed by atoms with van der Waals surface area (Å²) in [6.07, 6.45) is 11.4. The Morgan fingerprint density at radius 2 is 1.80 bits per heavy atom. The molecule has 0 radical (unpaired) electrons. The zero-order chi connectivity index (χ0) is 6.10. The molecule has 0 aromatic carbocycles. The van der Waals surface area contributed by atoms with Crippen molar-refractivity contribution in [2.45, 2.75) is 38.5 Å². The fraction of sp³-hybridized carbons (Fsp3) is 0.889. The fourth-order valence-electron chi connectivity index (χ4n) is 2.47. The van der Waals surface area contributed by atoms with Gasteiger partial charge in [-0.05, 0) is 5.92 Å². The van der Waals surface area contributed by atoms with Crippen LogP contribution in [0.3, 0.4) is 0 Å². The second kappa shape index (κ2) is 3.90. The maximum Gasteiger partial charge on any atom is 0 e. The van der Waals surface area contributed by atoms with Crippen LogP contribution in [0.4, 0.5) is 0 Å². The van der Waals surface area contributed by atoms with E-state index in [4.69, 9.17) is 0 Å². The van der Waals surface area contributed by atoms with Crippen molar-refractivity contribution in [3.8, 4) is 0 Å². The van der Waals surface area contributed by atoms with E-state index >= 15 is 0 Å². The molecule has 0 saturated heterocycles. The maximum absolute atomic E-state index is 2.49. The van der Waals surface area contributed by atoms with Crippen molar-refractivity contribution in [1.82, 2.24) is 0 Å². The maximum atomic E-state index is 2.49. The molecule has 0 aromatic heterocycles. The summed E-state index contributed by atoms with van der Waals surface area (Å²) in [5, 5.41) is 0. The molecule has 0 aromatic rings. The molecule has 2 aliphatic carbocycles. The van der Waals surface area contributed by atoms with E-state index in [-0.39, 0.29) is 21.1 Å². The Morgan fingerprint density at radius 1 is 1.00 bits per heavy atom. The first-order chi connectivity index (χ1) is 4.47. The molecular weight excluding hydrogens is 292 g/mol. The SMILES string of the molecule is [CH-]1CCC2CCCC2C1.[W]. The minimum absolute atomic E-state index is 0. The summed E-state index contributed by atoms with van der Waals surface area (Å²) in [4.78, 5) is 0. The minimum Gasteiger partial charge on any atom is -0.328 e. The fourth-order valence-corrected chi connectivity index (χ4v) is 2.47. The third kappa shape index (κ3) is 1.64. The molecule has 0 spiro atoms. The molecule has 10 heavy (non-hydrogen) atoms. The molecule has 0 heterocycles. The van der Waals surface area contributed by atoms with E-state index in [0.29, 0.717) is 0 Å². The Morgan fingerprint density at radius 3 is 2.60 bits per heavy atom. The van der Waals surface area contributed by atoms with Crippen molar-refractivity contribution in [2.24, 2.45) is 11.8 Å². The van der Waals surface area contributed by atoms with Gasteiger partial charge in [-0.1, -0.05) is 31.6 Å². The first kappa shape index (κ1) is 8.78. The molecule has 0 N–H and O–H groups in total. The molecule has 0 aliphatic heterocycles. The van der Waals surface area contributed by atoms with Gasteiger partial charge in [0.2, 0.25) is 0 Å². The summed E-state index contributed by atoms with van der Waals surface area (Å²) >= 11 is 0. The van der Waals surface area contributed by atoms with Gasteiger partial charge in [-0.25, -0.2) is 0 Å². The van der Waals surface area contributed by atoms with Gasteiger partial charge in [-0.2, -0.15) is 12.8 Å². The van der Waals surface area contributed by atoms with Crippen LogP contribution in [-0.4, -0.2) is 0 Å². The molecule has 2 fully saturated rings. The van der Waals surface area contributed by atoms with Crippen LogP contribution >= 0.6 is 0 Å². The Hall–Kier alpha value is 0.688. The van der Waals surface area contributed by atoms with Crippen LogP contribution in [0.15, 0.2) is 0 Å². The van der Waals surface area contributed by atoms with Crippen LogP contribution in [-0.2, 0) is 21.1 Å². The van der Waals surface area contributed by atoms with Crippen LogP contribution in [0, 0.1) is 18.3 Å². The van der Waals surface area contributed by atoms with Crippen molar-refractivity contribution in [2.75, 3.05) is 0 Å². The third-order valence-corrected chi connectivity index (χ3v) is 3.03. The van der Waals surface area contributed by atoms with Crippen LogP contribution < -0.4 is 0 Å². The Labute approximate surface area is 78.0 Å². The predicted molar refractivity (Wildman–Crippen MR) is 39.0 cm³/mol. The van der Waals surface area contributed by atoms with Crippen molar-refractivity contribution >= 4 is 0 Å². The molecule has 2 unspecified atom stereocenters. The molecule has 2 atom stereocenters. The number of fused-ring (bicyclic) bond motifs is 1. The number of rotatable bonds is 0. The van der Waals surface area contributed by atoms with Gasteiger partial charge in [0.25, 0.3) is 0 Å². The van der Waals surface area contributed by atoms with Gasteiger partial charge in [-0.3, -0.25) is 0 Å². The van der Waals surface area contributed by atoms with Gasteiger partial charge in [0.1, 0.15) is 0 Å². The van der Waals surface area contributed by atoms with Crippen LogP contribution in [0.25, 0.3) is 0 Å². The van der Waals surface area contributed by atoms with E-state index in [1.165, 1.54) is 32.1 Å². The molecule has 58 valence electrons. The summed E-state index contributed by atoms with van der Waals surface area (Å²) in [7, 11) is 0. The summed E-state index contributed by atoms with van der Waals surface area (Å²) in [6, 6.07) is 0. The van der Waals surface area contributed by atoms with Crippen molar-refractivity contribution < 1.29 is 21.1 Å². The molecule has 2 saturated carbocycles. The predicted octanol–water partition coefficient (Wildman–Crippen LogP) is 2.79. The second-order valence-corrected chi connectivity index (χ2v) is 3.55. The smallest absolute Gasteiger partial charge is 0 e. The third-order valence-electron chi connectivity index (χ3n) is 3.03. The molecule has 0 amide bonds. The van der Waals surface area contributed by atoms with E-state index in [1.54, 1.807) is 6.42 Å². The molecule has 2 aliphatic rings. The van der Waals surface area contributed by atoms with E-state index in [1.807, 2.05) is 0 Å². The zero-order valence-electron chi connectivity index (χ0n) is 6.38. The molecule has 1 heteroatoms. The van der Waals surface area contributed by atoms with Gasteiger partial charge in [0.15, 0.2) is 0 Å². The van der Waals surface area contributed by atoms with Crippen molar-refractivity contribution in [3.63, 3.8) is 0 Å². The molecular formula is C9H15W-.